The number of ether oxygens (including phenoxy) is 1. The van der Waals surface area contributed by atoms with Crippen molar-refractivity contribution in [3.05, 3.63) is 12.2 Å². The quantitative estimate of drug-likeness (QED) is 0.638. The van der Waals surface area contributed by atoms with E-state index >= 15 is 0 Å². The first kappa shape index (κ1) is 17.5. The maximum Gasteiger partial charge on any atom is 0.351 e. The standard InChI is InChI=1S/C20H29NO3/c1-15(2)8-11-20(23,17-6-4-3-5-7-17)19(22)24-18-14-21-12-9-16(18)10-13-21/h16-18,23H,1,3-7,9-10,12-14H2,2H3. The number of piperidine rings is 3. The minimum absolute atomic E-state index is 0.0956. The van der Waals surface area contributed by atoms with Crippen LogP contribution in [0.3, 0.4) is 0 Å². The Morgan fingerprint density at radius 3 is 2.42 bits per heavy atom. The van der Waals surface area contributed by atoms with Crippen molar-refractivity contribution in [1.82, 2.24) is 4.90 Å². The highest BCUT2D eigenvalue weighted by atomic mass is 16.6. The normalized spacial score (nSPS) is 32.3. The van der Waals surface area contributed by atoms with Crippen LogP contribution >= 0.6 is 0 Å². The van der Waals surface area contributed by atoms with Crippen molar-refractivity contribution in [1.29, 1.82) is 0 Å². The van der Waals surface area contributed by atoms with Crippen LogP contribution in [0.1, 0.15) is 51.9 Å². The van der Waals surface area contributed by atoms with E-state index in [1.807, 2.05) is 0 Å². The van der Waals surface area contributed by atoms with Crippen molar-refractivity contribution < 1.29 is 14.6 Å². The summed E-state index contributed by atoms with van der Waals surface area (Å²) in [7, 11) is 0. The van der Waals surface area contributed by atoms with Gasteiger partial charge in [0.25, 0.3) is 0 Å². The Labute approximate surface area is 145 Å². The van der Waals surface area contributed by atoms with Gasteiger partial charge in [-0.05, 0) is 57.2 Å². The van der Waals surface area contributed by atoms with Gasteiger partial charge in [-0.15, -0.1) is 0 Å². The Bertz CT molecular complexity index is 547. The van der Waals surface area contributed by atoms with Gasteiger partial charge >= 0.3 is 5.97 Å². The molecule has 3 heterocycles. The molecule has 4 heteroatoms. The van der Waals surface area contributed by atoms with E-state index in [1.165, 1.54) is 0 Å². The van der Waals surface area contributed by atoms with Gasteiger partial charge in [0, 0.05) is 12.5 Å². The van der Waals surface area contributed by atoms with Gasteiger partial charge in [-0.3, -0.25) is 4.90 Å². The number of carbonyl (C=O) groups is 1. The summed E-state index contributed by atoms with van der Waals surface area (Å²) in [6, 6.07) is 0. The molecule has 0 aromatic heterocycles. The molecule has 2 bridgehead atoms. The summed E-state index contributed by atoms with van der Waals surface area (Å²) in [6.07, 6.45) is 6.96. The molecule has 0 amide bonds. The van der Waals surface area contributed by atoms with Crippen molar-refractivity contribution in [3.63, 3.8) is 0 Å². The van der Waals surface area contributed by atoms with E-state index < -0.39 is 11.6 Å². The van der Waals surface area contributed by atoms with Crippen molar-refractivity contribution >= 4 is 5.97 Å². The number of rotatable bonds is 3. The second-order valence-corrected chi connectivity index (χ2v) is 7.71. The van der Waals surface area contributed by atoms with E-state index in [9.17, 15) is 9.90 Å². The zero-order valence-electron chi connectivity index (χ0n) is 14.7. The van der Waals surface area contributed by atoms with Crippen LogP contribution in [0.25, 0.3) is 0 Å². The zero-order chi connectivity index (χ0) is 17.2. The van der Waals surface area contributed by atoms with E-state index in [0.29, 0.717) is 11.5 Å². The summed E-state index contributed by atoms with van der Waals surface area (Å²) in [5, 5.41) is 11.2. The lowest BCUT2D eigenvalue weighted by Crippen LogP contribution is -2.55. The first-order valence-corrected chi connectivity index (χ1v) is 9.33. The van der Waals surface area contributed by atoms with Crippen LogP contribution in [0, 0.1) is 23.7 Å². The van der Waals surface area contributed by atoms with Crippen molar-refractivity contribution in [2.24, 2.45) is 11.8 Å². The Hall–Kier alpha value is -1.31. The van der Waals surface area contributed by atoms with Crippen LogP contribution in [0.4, 0.5) is 0 Å². The van der Waals surface area contributed by atoms with E-state index in [-0.39, 0.29) is 12.0 Å². The Balaban J connectivity index is 1.75. The Kier molecular flexibility index (Phi) is 5.32. The second-order valence-electron chi connectivity index (χ2n) is 7.71. The average molecular weight is 331 g/mol. The lowest BCUT2D eigenvalue weighted by molar-refractivity contribution is -0.180. The molecule has 4 aliphatic rings. The predicted molar refractivity (Wildman–Crippen MR) is 93.2 cm³/mol. The lowest BCUT2D eigenvalue weighted by Gasteiger charge is -2.45. The molecular formula is C20H29NO3. The van der Waals surface area contributed by atoms with Gasteiger partial charge in [-0.2, -0.15) is 0 Å². The van der Waals surface area contributed by atoms with Crippen LogP contribution in [0.2, 0.25) is 0 Å². The van der Waals surface area contributed by atoms with E-state index in [0.717, 1.165) is 64.6 Å². The number of allylic oxidation sites excluding steroid dienone is 1. The molecule has 0 aromatic carbocycles. The fourth-order valence-corrected chi connectivity index (χ4v) is 4.31. The van der Waals surface area contributed by atoms with Gasteiger partial charge in [-0.1, -0.05) is 37.7 Å². The maximum absolute atomic E-state index is 12.9. The highest BCUT2D eigenvalue weighted by Gasteiger charge is 2.47. The minimum atomic E-state index is -1.69. The second kappa shape index (κ2) is 7.29. The van der Waals surface area contributed by atoms with Crippen molar-refractivity contribution in [2.75, 3.05) is 19.6 Å². The third-order valence-electron chi connectivity index (χ3n) is 5.83. The molecule has 24 heavy (non-hydrogen) atoms. The summed E-state index contributed by atoms with van der Waals surface area (Å²) < 4.78 is 5.81. The predicted octanol–water partition coefficient (Wildman–Crippen LogP) is 2.51. The first-order chi connectivity index (χ1) is 11.5. The first-order valence-electron chi connectivity index (χ1n) is 9.33. The van der Waals surface area contributed by atoms with Crippen LogP contribution in [0.15, 0.2) is 12.2 Å². The van der Waals surface area contributed by atoms with E-state index in [1.54, 1.807) is 6.92 Å². The smallest absolute Gasteiger partial charge is 0.351 e. The monoisotopic (exact) mass is 331 g/mol. The number of hydrogen-bond donors (Lipinski definition) is 1. The molecule has 2 atom stereocenters. The minimum Gasteiger partial charge on any atom is -0.458 e. The van der Waals surface area contributed by atoms with Crippen molar-refractivity contribution in [2.45, 2.75) is 63.6 Å². The Morgan fingerprint density at radius 1 is 1.21 bits per heavy atom. The number of fused-ring (bicyclic) bond motifs is 3. The molecule has 4 nitrogen and oxygen atoms in total. The molecule has 4 rings (SSSR count). The molecule has 3 aliphatic heterocycles. The third kappa shape index (κ3) is 3.68. The highest BCUT2D eigenvalue weighted by molar-refractivity contribution is 5.84. The Morgan fingerprint density at radius 2 is 1.88 bits per heavy atom. The fourth-order valence-electron chi connectivity index (χ4n) is 4.31. The number of nitrogens with zero attached hydrogens (tertiary/aromatic N) is 1. The molecule has 0 radical (unpaired) electrons. The molecule has 1 saturated carbocycles. The van der Waals surface area contributed by atoms with Gasteiger partial charge in [-0.25, -0.2) is 4.79 Å². The number of aliphatic hydroxyl groups is 1. The average Bonchev–Trinajstić information content (AvgIpc) is 2.61. The fraction of sp³-hybridized carbons (Fsp3) is 0.750. The summed E-state index contributed by atoms with van der Waals surface area (Å²) in [5.41, 5.74) is -1.04. The molecular weight excluding hydrogens is 302 g/mol. The molecule has 1 aliphatic carbocycles. The van der Waals surface area contributed by atoms with E-state index in [4.69, 9.17) is 4.74 Å². The van der Waals surface area contributed by atoms with Gasteiger partial charge in [0.15, 0.2) is 0 Å². The molecule has 132 valence electrons. The molecule has 1 N–H and O–H groups in total. The van der Waals surface area contributed by atoms with Gasteiger partial charge in [0.2, 0.25) is 5.60 Å². The molecule has 2 unspecified atom stereocenters. The molecule has 3 saturated heterocycles. The van der Waals surface area contributed by atoms with Gasteiger partial charge in [0.05, 0.1) is 0 Å². The number of carbonyl (C=O) groups excluding carboxylic acids is 1. The molecule has 0 spiro atoms. The largest absolute Gasteiger partial charge is 0.458 e. The zero-order valence-corrected chi connectivity index (χ0v) is 14.7. The highest BCUT2D eigenvalue weighted by Crippen LogP contribution is 2.36. The topological polar surface area (TPSA) is 49.8 Å². The summed E-state index contributed by atoms with van der Waals surface area (Å²) in [6.45, 7) is 8.54. The molecule has 0 aromatic rings. The summed E-state index contributed by atoms with van der Waals surface area (Å²) in [4.78, 5) is 15.2. The molecule has 4 fully saturated rings. The van der Waals surface area contributed by atoms with Crippen LogP contribution in [-0.4, -0.2) is 47.3 Å². The number of hydrogen-bond acceptors (Lipinski definition) is 4. The van der Waals surface area contributed by atoms with E-state index in [2.05, 4.69) is 23.3 Å². The van der Waals surface area contributed by atoms with Gasteiger partial charge < -0.3 is 9.84 Å². The maximum atomic E-state index is 12.9. The van der Waals surface area contributed by atoms with Crippen LogP contribution in [-0.2, 0) is 9.53 Å². The van der Waals surface area contributed by atoms with Gasteiger partial charge in [0.1, 0.15) is 6.10 Å². The SMILES string of the molecule is C=C(C)C#CC(O)(C(=O)OC1CN2CCC1CC2)C1CCCCC1. The third-order valence-corrected chi connectivity index (χ3v) is 5.83. The van der Waals surface area contributed by atoms with Crippen LogP contribution < -0.4 is 0 Å². The lowest BCUT2D eigenvalue weighted by atomic mass is 9.77. The summed E-state index contributed by atoms with van der Waals surface area (Å²) >= 11 is 0. The van der Waals surface area contributed by atoms with Crippen LogP contribution in [0.5, 0.6) is 0 Å². The summed E-state index contributed by atoms with van der Waals surface area (Å²) in [5.74, 6) is 5.41. The number of esters is 1. The van der Waals surface area contributed by atoms with Crippen molar-refractivity contribution in [3.8, 4) is 11.8 Å².